The van der Waals surface area contributed by atoms with Crippen molar-refractivity contribution < 1.29 is 17.9 Å². The SMILES string of the molecule is CC(C)NC1(C#N)CCCC(OC(C)C(F)(F)F)C1. The van der Waals surface area contributed by atoms with E-state index in [9.17, 15) is 18.4 Å². The van der Waals surface area contributed by atoms with E-state index in [0.29, 0.717) is 25.7 Å². The molecule has 0 amide bonds. The first kappa shape index (κ1) is 16.3. The number of nitrogens with one attached hydrogen (secondary N) is 1. The van der Waals surface area contributed by atoms with E-state index in [4.69, 9.17) is 4.74 Å². The van der Waals surface area contributed by atoms with Gasteiger partial charge in [0.2, 0.25) is 0 Å². The number of hydrogen-bond acceptors (Lipinski definition) is 3. The molecule has 1 aliphatic carbocycles. The minimum absolute atomic E-state index is 0.110. The monoisotopic (exact) mass is 278 g/mol. The van der Waals surface area contributed by atoms with Gasteiger partial charge in [0, 0.05) is 12.5 Å². The molecule has 3 unspecified atom stereocenters. The zero-order valence-corrected chi connectivity index (χ0v) is 11.5. The molecule has 1 saturated carbocycles. The molecular formula is C13H21F3N2O. The topological polar surface area (TPSA) is 45.0 Å². The van der Waals surface area contributed by atoms with Crippen LogP contribution in [0, 0.1) is 11.3 Å². The molecule has 6 heteroatoms. The third-order valence-electron chi connectivity index (χ3n) is 3.34. The highest BCUT2D eigenvalue weighted by Crippen LogP contribution is 2.33. The Labute approximate surface area is 112 Å². The summed E-state index contributed by atoms with van der Waals surface area (Å²) in [6, 6.07) is 2.33. The van der Waals surface area contributed by atoms with Gasteiger partial charge in [-0.1, -0.05) is 0 Å². The van der Waals surface area contributed by atoms with E-state index in [1.54, 1.807) is 0 Å². The van der Waals surface area contributed by atoms with Crippen LogP contribution in [0.4, 0.5) is 13.2 Å². The van der Waals surface area contributed by atoms with Crippen LogP contribution in [0.2, 0.25) is 0 Å². The number of halogens is 3. The molecule has 1 fully saturated rings. The van der Waals surface area contributed by atoms with Crippen LogP contribution in [0.15, 0.2) is 0 Å². The molecule has 0 aromatic rings. The molecule has 110 valence electrons. The van der Waals surface area contributed by atoms with Gasteiger partial charge in [-0.15, -0.1) is 0 Å². The second-order valence-electron chi connectivity index (χ2n) is 5.53. The van der Waals surface area contributed by atoms with E-state index < -0.39 is 23.9 Å². The average molecular weight is 278 g/mol. The van der Waals surface area contributed by atoms with Crippen LogP contribution < -0.4 is 5.32 Å². The summed E-state index contributed by atoms with van der Waals surface area (Å²) in [6.45, 7) is 4.85. The molecule has 1 aliphatic rings. The molecule has 0 spiro atoms. The van der Waals surface area contributed by atoms with Crippen molar-refractivity contribution in [2.75, 3.05) is 0 Å². The van der Waals surface area contributed by atoms with Crippen LogP contribution >= 0.6 is 0 Å². The number of alkyl halides is 3. The van der Waals surface area contributed by atoms with Crippen LogP contribution in [0.5, 0.6) is 0 Å². The van der Waals surface area contributed by atoms with Gasteiger partial charge in [-0.05, 0) is 40.0 Å². The fourth-order valence-electron chi connectivity index (χ4n) is 2.52. The van der Waals surface area contributed by atoms with Gasteiger partial charge in [-0.2, -0.15) is 18.4 Å². The number of rotatable bonds is 4. The lowest BCUT2D eigenvalue weighted by Gasteiger charge is -2.38. The molecular weight excluding hydrogens is 257 g/mol. The standard InChI is InChI=1S/C13H21F3N2O/c1-9(2)18-12(8-17)6-4-5-11(7-12)19-10(3)13(14,15)16/h9-11,18H,4-7H2,1-3H3. The molecule has 1 N–H and O–H groups in total. The number of nitrogens with zero attached hydrogens (tertiary/aromatic N) is 1. The summed E-state index contributed by atoms with van der Waals surface area (Å²) >= 11 is 0. The molecule has 3 nitrogen and oxygen atoms in total. The summed E-state index contributed by atoms with van der Waals surface area (Å²) < 4.78 is 42.5. The van der Waals surface area contributed by atoms with Crippen molar-refractivity contribution in [3.63, 3.8) is 0 Å². The van der Waals surface area contributed by atoms with E-state index >= 15 is 0 Å². The lowest BCUT2D eigenvalue weighted by atomic mass is 9.80. The molecule has 0 aromatic heterocycles. The Morgan fingerprint density at radius 1 is 1.37 bits per heavy atom. The third-order valence-corrected chi connectivity index (χ3v) is 3.34. The summed E-state index contributed by atoms with van der Waals surface area (Å²) in [5, 5.41) is 12.5. The summed E-state index contributed by atoms with van der Waals surface area (Å²) in [6.07, 6.45) is -4.42. The first-order valence-electron chi connectivity index (χ1n) is 6.59. The van der Waals surface area contributed by atoms with Crippen molar-refractivity contribution in [1.82, 2.24) is 5.32 Å². The van der Waals surface area contributed by atoms with Crippen LogP contribution in [-0.2, 0) is 4.74 Å². The fourth-order valence-corrected chi connectivity index (χ4v) is 2.52. The maximum Gasteiger partial charge on any atom is 0.414 e. The molecule has 3 atom stereocenters. The van der Waals surface area contributed by atoms with Crippen molar-refractivity contribution in [1.29, 1.82) is 5.26 Å². The predicted molar refractivity (Wildman–Crippen MR) is 65.5 cm³/mol. The molecule has 0 radical (unpaired) electrons. The van der Waals surface area contributed by atoms with Gasteiger partial charge in [0.15, 0.2) is 6.10 Å². The largest absolute Gasteiger partial charge is 0.414 e. The van der Waals surface area contributed by atoms with E-state index in [1.807, 2.05) is 13.8 Å². The maximum absolute atomic E-state index is 12.5. The molecule has 0 aromatic carbocycles. The van der Waals surface area contributed by atoms with Crippen LogP contribution in [0.25, 0.3) is 0 Å². The van der Waals surface area contributed by atoms with Gasteiger partial charge in [-0.3, -0.25) is 5.32 Å². The Balaban J connectivity index is 2.66. The quantitative estimate of drug-likeness (QED) is 0.859. The molecule has 0 bridgehead atoms. The molecule has 0 heterocycles. The van der Waals surface area contributed by atoms with Gasteiger partial charge < -0.3 is 4.74 Å². The van der Waals surface area contributed by atoms with Gasteiger partial charge in [0.05, 0.1) is 12.2 Å². The van der Waals surface area contributed by atoms with Gasteiger partial charge in [-0.25, -0.2) is 0 Å². The highest BCUT2D eigenvalue weighted by atomic mass is 19.4. The lowest BCUT2D eigenvalue weighted by molar-refractivity contribution is -0.230. The highest BCUT2D eigenvalue weighted by molar-refractivity contribution is 5.10. The number of nitriles is 1. The second kappa shape index (κ2) is 6.10. The maximum atomic E-state index is 12.5. The molecule has 0 saturated heterocycles. The van der Waals surface area contributed by atoms with E-state index in [1.165, 1.54) is 0 Å². The lowest BCUT2D eigenvalue weighted by Crippen LogP contribution is -2.52. The van der Waals surface area contributed by atoms with Gasteiger partial charge in [0.25, 0.3) is 0 Å². The van der Waals surface area contributed by atoms with Crippen LogP contribution in [0.1, 0.15) is 46.5 Å². The van der Waals surface area contributed by atoms with E-state index in [2.05, 4.69) is 11.4 Å². The first-order chi connectivity index (χ1) is 8.68. The summed E-state index contributed by atoms with van der Waals surface area (Å²) in [5.41, 5.74) is -0.762. The summed E-state index contributed by atoms with van der Waals surface area (Å²) in [7, 11) is 0. The van der Waals surface area contributed by atoms with Crippen molar-refractivity contribution in [3.8, 4) is 6.07 Å². The zero-order chi connectivity index (χ0) is 14.7. The Hall–Kier alpha value is -0.800. The fraction of sp³-hybridized carbons (Fsp3) is 0.923. The smallest absolute Gasteiger partial charge is 0.366 e. The van der Waals surface area contributed by atoms with Crippen LogP contribution in [-0.4, -0.2) is 30.0 Å². The van der Waals surface area contributed by atoms with Crippen LogP contribution in [0.3, 0.4) is 0 Å². The predicted octanol–water partition coefficient (Wildman–Crippen LogP) is 3.16. The first-order valence-corrected chi connectivity index (χ1v) is 6.59. The van der Waals surface area contributed by atoms with Crippen molar-refractivity contribution >= 4 is 0 Å². The van der Waals surface area contributed by atoms with E-state index in [0.717, 1.165) is 6.92 Å². The summed E-state index contributed by atoms with van der Waals surface area (Å²) in [4.78, 5) is 0. The Bertz CT molecular complexity index is 338. The summed E-state index contributed by atoms with van der Waals surface area (Å²) in [5.74, 6) is 0. The Kier molecular flexibility index (Phi) is 5.22. The van der Waals surface area contributed by atoms with Crippen molar-refractivity contribution in [2.24, 2.45) is 0 Å². The molecule has 1 rings (SSSR count). The Morgan fingerprint density at radius 3 is 2.47 bits per heavy atom. The average Bonchev–Trinajstić information content (AvgIpc) is 2.27. The minimum atomic E-state index is -4.35. The molecule has 0 aliphatic heterocycles. The highest BCUT2D eigenvalue weighted by Gasteiger charge is 2.42. The number of ether oxygens (including phenoxy) is 1. The third kappa shape index (κ3) is 4.66. The van der Waals surface area contributed by atoms with Gasteiger partial charge >= 0.3 is 6.18 Å². The minimum Gasteiger partial charge on any atom is -0.366 e. The second-order valence-corrected chi connectivity index (χ2v) is 5.53. The number of hydrogen-bond donors (Lipinski definition) is 1. The van der Waals surface area contributed by atoms with Crippen molar-refractivity contribution in [2.45, 2.75) is 76.4 Å². The normalized spacial score (nSPS) is 30.1. The van der Waals surface area contributed by atoms with Crippen molar-refractivity contribution in [3.05, 3.63) is 0 Å². The Morgan fingerprint density at radius 2 is 2.00 bits per heavy atom. The van der Waals surface area contributed by atoms with E-state index in [-0.39, 0.29) is 6.04 Å². The zero-order valence-electron chi connectivity index (χ0n) is 11.5. The molecule has 19 heavy (non-hydrogen) atoms. The van der Waals surface area contributed by atoms with Gasteiger partial charge in [0.1, 0.15) is 5.54 Å².